The molecule has 2 atom stereocenters. The maximum atomic E-state index is 14.9. The number of rotatable bonds is 6. The van der Waals surface area contributed by atoms with Gasteiger partial charge in [-0.25, -0.2) is 18.9 Å². The molecule has 2 N–H and O–H groups in total. The first-order chi connectivity index (χ1) is 16.9. The Morgan fingerprint density at radius 3 is 2.69 bits per heavy atom. The van der Waals surface area contributed by atoms with Crippen LogP contribution in [-0.4, -0.2) is 34.0 Å². The summed E-state index contributed by atoms with van der Waals surface area (Å²) in [5.74, 6) is 4.74. The standard InChI is InChI=1S/C26H26FN5O3/c1-16-9-7-14-21(27)23(16)32-24(18-10-5-4-6-11-18)22(30-31-32)25(35-28)29-17(2)19-12-8-13-20(15-19)26(33)34-3/h4-8,10-17H,9,28H2,1-3H3/b29-25-. The van der Waals surface area contributed by atoms with Gasteiger partial charge in [0.05, 0.1) is 24.4 Å². The van der Waals surface area contributed by atoms with Crippen molar-refractivity contribution in [3.05, 3.63) is 89.4 Å². The molecular weight excluding hydrogens is 449 g/mol. The van der Waals surface area contributed by atoms with E-state index in [-0.39, 0.29) is 23.3 Å². The molecule has 9 heteroatoms. The molecule has 0 spiro atoms. The van der Waals surface area contributed by atoms with E-state index < -0.39 is 12.0 Å². The van der Waals surface area contributed by atoms with Crippen molar-refractivity contribution >= 4 is 17.6 Å². The monoisotopic (exact) mass is 475 g/mol. The van der Waals surface area contributed by atoms with Crippen LogP contribution in [0, 0.1) is 5.92 Å². The Kier molecular flexibility index (Phi) is 7.17. The molecule has 180 valence electrons. The SMILES string of the molecule is COC(=O)c1cccc(C(C)/N=C(\ON)c2nnn(C3=C(F)C=CCC3C)c2-c2ccccc2)c1. The summed E-state index contributed by atoms with van der Waals surface area (Å²) in [5, 5.41) is 8.56. The molecule has 1 aromatic heterocycles. The van der Waals surface area contributed by atoms with E-state index in [1.807, 2.05) is 50.2 Å². The van der Waals surface area contributed by atoms with Gasteiger partial charge in [-0.3, -0.25) is 0 Å². The maximum Gasteiger partial charge on any atom is 0.337 e. The molecule has 0 amide bonds. The van der Waals surface area contributed by atoms with E-state index in [0.29, 0.717) is 23.4 Å². The van der Waals surface area contributed by atoms with Gasteiger partial charge in [-0.1, -0.05) is 60.7 Å². The molecule has 2 aromatic carbocycles. The van der Waals surface area contributed by atoms with Gasteiger partial charge in [0.1, 0.15) is 11.5 Å². The summed E-state index contributed by atoms with van der Waals surface area (Å²) in [4.78, 5) is 21.7. The Morgan fingerprint density at radius 1 is 1.23 bits per heavy atom. The van der Waals surface area contributed by atoms with Crippen molar-refractivity contribution in [1.82, 2.24) is 15.0 Å². The molecule has 0 aliphatic heterocycles. The highest BCUT2D eigenvalue weighted by molar-refractivity contribution is 5.98. The van der Waals surface area contributed by atoms with E-state index in [9.17, 15) is 9.18 Å². The lowest BCUT2D eigenvalue weighted by Gasteiger charge is -2.20. The van der Waals surface area contributed by atoms with Gasteiger partial charge in [0.2, 0.25) is 0 Å². The Balaban J connectivity index is 1.83. The Morgan fingerprint density at radius 2 is 2.00 bits per heavy atom. The van der Waals surface area contributed by atoms with Crippen LogP contribution in [-0.2, 0) is 9.57 Å². The first-order valence-electron chi connectivity index (χ1n) is 11.2. The molecule has 8 nitrogen and oxygen atoms in total. The molecular formula is C26H26FN5O3. The smallest absolute Gasteiger partial charge is 0.337 e. The number of carbonyl (C=O) groups is 1. The van der Waals surface area contributed by atoms with Crippen molar-refractivity contribution in [1.29, 1.82) is 0 Å². The second kappa shape index (κ2) is 10.4. The van der Waals surface area contributed by atoms with Crippen LogP contribution in [0.2, 0.25) is 0 Å². The van der Waals surface area contributed by atoms with E-state index in [1.54, 1.807) is 24.3 Å². The molecule has 0 radical (unpaired) electrons. The number of benzene rings is 2. The van der Waals surface area contributed by atoms with Gasteiger partial charge in [0.15, 0.2) is 5.69 Å². The van der Waals surface area contributed by atoms with Crippen LogP contribution in [0.1, 0.15) is 47.9 Å². The number of methoxy groups -OCH3 is 1. The van der Waals surface area contributed by atoms with Crippen molar-refractivity contribution in [2.75, 3.05) is 7.11 Å². The van der Waals surface area contributed by atoms with Crippen LogP contribution in [0.5, 0.6) is 0 Å². The Bertz CT molecular complexity index is 1310. The zero-order valence-electron chi connectivity index (χ0n) is 19.7. The number of esters is 1. The van der Waals surface area contributed by atoms with Crippen LogP contribution in [0.4, 0.5) is 4.39 Å². The van der Waals surface area contributed by atoms with Gasteiger partial charge in [-0.05, 0) is 37.1 Å². The molecule has 0 saturated heterocycles. The summed E-state index contributed by atoms with van der Waals surface area (Å²) in [7, 11) is 1.33. The highest BCUT2D eigenvalue weighted by Gasteiger charge is 2.28. The molecule has 0 fully saturated rings. The van der Waals surface area contributed by atoms with E-state index >= 15 is 0 Å². The fourth-order valence-corrected chi connectivity index (χ4v) is 4.01. The third kappa shape index (κ3) is 4.90. The van der Waals surface area contributed by atoms with Crippen molar-refractivity contribution in [3.63, 3.8) is 0 Å². The maximum absolute atomic E-state index is 14.9. The first kappa shape index (κ1) is 24.0. The minimum atomic E-state index is -0.446. The van der Waals surface area contributed by atoms with E-state index in [1.165, 1.54) is 17.9 Å². The summed E-state index contributed by atoms with van der Waals surface area (Å²) in [6.45, 7) is 3.76. The summed E-state index contributed by atoms with van der Waals surface area (Å²) in [5.41, 5.74) is 3.09. The number of allylic oxidation sites excluding steroid dienone is 4. The second-order valence-corrected chi connectivity index (χ2v) is 8.18. The lowest BCUT2D eigenvalue weighted by molar-refractivity contribution is 0.0600. The predicted molar refractivity (Wildman–Crippen MR) is 131 cm³/mol. The fourth-order valence-electron chi connectivity index (χ4n) is 4.01. The highest BCUT2D eigenvalue weighted by Crippen LogP contribution is 2.34. The molecule has 0 saturated carbocycles. The number of nitrogens with zero attached hydrogens (tertiary/aromatic N) is 4. The summed E-state index contributed by atoms with van der Waals surface area (Å²) in [6.07, 6.45) is 3.91. The van der Waals surface area contributed by atoms with Crippen LogP contribution in [0.15, 0.2) is 77.6 Å². The van der Waals surface area contributed by atoms with Gasteiger partial charge >= 0.3 is 5.97 Å². The average Bonchev–Trinajstić information content (AvgIpc) is 3.31. The molecule has 1 aliphatic carbocycles. The summed E-state index contributed by atoms with van der Waals surface area (Å²) < 4.78 is 21.2. The van der Waals surface area contributed by atoms with Crippen LogP contribution in [0.3, 0.4) is 0 Å². The van der Waals surface area contributed by atoms with E-state index in [4.69, 9.17) is 15.5 Å². The number of hydrogen-bond acceptors (Lipinski definition) is 7. The number of ether oxygens (including phenoxy) is 1. The zero-order valence-corrected chi connectivity index (χ0v) is 19.7. The van der Waals surface area contributed by atoms with Crippen molar-refractivity contribution < 1.29 is 18.8 Å². The summed E-state index contributed by atoms with van der Waals surface area (Å²) in [6, 6.07) is 15.9. The van der Waals surface area contributed by atoms with Crippen LogP contribution < -0.4 is 5.90 Å². The number of aromatic nitrogens is 3. The number of aliphatic imine (C=N–C) groups is 1. The van der Waals surface area contributed by atoms with Crippen molar-refractivity contribution in [3.8, 4) is 11.3 Å². The highest BCUT2D eigenvalue weighted by atomic mass is 19.1. The minimum Gasteiger partial charge on any atom is -0.465 e. The number of carbonyl (C=O) groups excluding carboxylic acids is 1. The number of nitrogens with two attached hydrogens (primary N) is 1. The fraction of sp³-hybridized carbons (Fsp3) is 0.231. The molecule has 35 heavy (non-hydrogen) atoms. The Hall–Kier alpha value is -4.11. The number of hydrogen-bond donors (Lipinski definition) is 1. The average molecular weight is 476 g/mol. The Labute approximate surface area is 202 Å². The molecule has 0 bridgehead atoms. The van der Waals surface area contributed by atoms with Crippen molar-refractivity contribution in [2.45, 2.75) is 26.3 Å². The normalized spacial score (nSPS) is 16.8. The number of halogens is 1. The quantitative estimate of drug-likeness (QED) is 0.236. The first-order valence-corrected chi connectivity index (χ1v) is 11.2. The molecule has 3 aromatic rings. The van der Waals surface area contributed by atoms with Gasteiger partial charge in [-0.2, -0.15) is 5.90 Å². The van der Waals surface area contributed by atoms with Crippen LogP contribution >= 0.6 is 0 Å². The second-order valence-electron chi connectivity index (χ2n) is 8.18. The minimum absolute atomic E-state index is 0.0334. The lowest BCUT2D eigenvalue weighted by Crippen LogP contribution is -2.16. The van der Waals surface area contributed by atoms with Crippen LogP contribution in [0.25, 0.3) is 17.0 Å². The summed E-state index contributed by atoms with van der Waals surface area (Å²) >= 11 is 0. The third-order valence-corrected chi connectivity index (χ3v) is 5.83. The molecule has 1 heterocycles. The van der Waals surface area contributed by atoms with Gasteiger partial charge in [0, 0.05) is 11.5 Å². The lowest BCUT2D eigenvalue weighted by atomic mass is 9.97. The predicted octanol–water partition coefficient (Wildman–Crippen LogP) is 4.86. The van der Waals surface area contributed by atoms with E-state index in [0.717, 1.165) is 11.1 Å². The molecule has 1 aliphatic rings. The van der Waals surface area contributed by atoms with Gasteiger partial charge in [-0.15, -0.1) is 5.10 Å². The third-order valence-electron chi connectivity index (χ3n) is 5.83. The largest absolute Gasteiger partial charge is 0.465 e. The van der Waals surface area contributed by atoms with Crippen molar-refractivity contribution in [2.24, 2.45) is 16.8 Å². The molecule has 2 unspecified atom stereocenters. The van der Waals surface area contributed by atoms with Gasteiger partial charge in [0.25, 0.3) is 5.90 Å². The molecule has 4 rings (SSSR count). The van der Waals surface area contributed by atoms with E-state index in [2.05, 4.69) is 15.3 Å². The zero-order chi connectivity index (χ0) is 24.9. The topological polar surface area (TPSA) is 105 Å². The van der Waals surface area contributed by atoms with Gasteiger partial charge < -0.3 is 9.57 Å².